The summed E-state index contributed by atoms with van der Waals surface area (Å²) < 4.78 is 0. The molecule has 0 heterocycles. The first-order valence-electron chi connectivity index (χ1n) is 24.3. The van der Waals surface area contributed by atoms with Crippen molar-refractivity contribution in [3.05, 3.63) is 293 Å². The van der Waals surface area contributed by atoms with Crippen LogP contribution in [0, 0.1) is 0 Å². The van der Waals surface area contributed by atoms with Gasteiger partial charge < -0.3 is 4.90 Å². The van der Waals surface area contributed by atoms with Crippen LogP contribution in [-0.4, -0.2) is 0 Å². The molecule has 1 nitrogen and oxygen atoms in total. The molecule has 0 bridgehead atoms. The lowest BCUT2D eigenvalue weighted by molar-refractivity contribution is 0.793. The van der Waals surface area contributed by atoms with Crippen molar-refractivity contribution in [2.75, 3.05) is 4.90 Å². The number of benzene rings is 12. The zero-order chi connectivity index (χ0) is 45.0. The summed E-state index contributed by atoms with van der Waals surface area (Å²) >= 11 is 0. The summed E-state index contributed by atoms with van der Waals surface area (Å²) in [5.74, 6) is 0. The average molecular weight is 872 g/mol. The minimum Gasteiger partial charge on any atom is -0.310 e. The van der Waals surface area contributed by atoms with Gasteiger partial charge in [-0.1, -0.05) is 218 Å². The lowest BCUT2D eigenvalue weighted by atomic mass is 9.70. The Morgan fingerprint density at radius 1 is 0.217 bits per heavy atom. The SMILES string of the molecule is c1ccc2c(c1)-c1ccccc1C21c2ccccc2-c2ccc(N(c3ccc4c5ccccc5c5ccccc5c4c3)c3cccc4c3-c3ccccc3C43c4ccccc4-c4ccccc43)cc21. The summed E-state index contributed by atoms with van der Waals surface area (Å²) in [6.45, 7) is 0. The van der Waals surface area contributed by atoms with Crippen molar-refractivity contribution in [2.24, 2.45) is 0 Å². The molecule has 318 valence electrons. The molecule has 0 N–H and O–H groups in total. The Hall–Kier alpha value is -8.78. The average Bonchev–Trinajstić information content (AvgIpc) is 4.10. The topological polar surface area (TPSA) is 3.24 Å². The van der Waals surface area contributed by atoms with Crippen molar-refractivity contribution in [1.29, 1.82) is 0 Å². The number of hydrogen-bond donors (Lipinski definition) is 0. The maximum Gasteiger partial charge on any atom is 0.0726 e. The predicted octanol–water partition coefficient (Wildman–Crippen LogP) is 17.3. The zero-order valence-corrected chi connectivity index (χ0v) is 37.6. The van der Waals surface area contributed by atoms with E-state index in [4.69, 9.17) is 0 Å². The molecule has 69 heavy (non-hydrogen) atoms. The van der Waals surface area contributed by atoms with E-state index in [9.17, 15) is 0 Å². The van der Waals surface area contributed by atoms with Gasteiger partial charge in [-0.05, 0) is 146 Å². The van der Waals surface area contributed by atoms with Crippen LogP contribution < -0.4 is 4.90 Å². The third kappa shape index (κ3) is 4.52. The number of rotatable bonds is 3. The second kappa shape index (κ2) is 13.4. The zero-order valence-electron chi connectivity index (χ0n) is 37.6. The van der Waals surface area contributed by atoms with E-state index in [1.54, 1.807) is 0 Å². The number of nitrogens with zero attached hydrogens (tertiary/aromatic N) is 1. The first-order valence-corrected chi connectivity index (χ1v) is 24.3. The first-order chi connectivity index (χ1) is 34.3. The third-order valence-electron chi connectivity index (χ3n) is 16.5. The van der Waals surface area contributed by atoms with E-state index >= 15 is 0 Å². The molecule has 0 saturated heterocycles. The van der Waals surface area contributed by atoms with Gasteiger partial charge in [0.2, 0.25) is 0 Å². The molecule has 12 aromatic carbocycles. The van der Waals surface area contributed by atoms with Crippen molar-refractivity contribution in [3.63, 3.8) is 0 Å². The molecular formula is C68H41N. The Balaban J connectivity index is 1.03. The van der Waals surface area contributed by atoms with Gasteiger partial charge in [-0.3, -0.25) is 0 Å². The summed E-state index contributed by atoms with van der Waals surface area (Å²) in [6.07, 6.45) is 0. The van der Waals surface area contributed by atoms with Crippen LogP contribution in [0.4, 0.5) is 17.1 Å². The lowest BCUT2D eigenvalue weighted by Crippen LogP contribution is -2.26. The van der Waals surface area contributed by atoms with Gasteiger partial charge in [0.05, 0.1) is 16.5 Å². The van der Waals surface area contributed by atoms with E-state index < -0.39 is 10.8 Å². The van der Waals surface area contributed by atoms with Crippen LogP contribution in [0.5, 0.6) is 0 Å². The Labute approximate surface area is 400 Å². The van der Waals surface area contributed by atoms with Crippen molar-refractivity contribution < 1.29 is 0 Å². The largest absolute Gasteiger partial charge is 0.310 e. The quantitative estimate of drug-likeness (QED) is 0.160. The molecule has 0 aliphatic heterocycles. The Kier molecular flexibility index (Phi) is 7.27. The van der Waals surface area contributed by atoms with E-state index in [1.807, 2.05) is 0 Å². The highest BCUT2D eigenvalue weighted by Gasteiger charge is 2.54. The highest BCUT2D eigenvalue weighted by atomic mass is 15.1. The third-order valence-corrected chi connectivity index (χ3v) is 16.5. The molecular weight excluding hydrogens is 831 g/mol. The highest BCUT2D eigenvalue weighted by molar-refractivity contribution is 6.26. The fourth-order valence-corrected chi connectivity index (χ4v) is 14.0. The van der Waals surface area contributed by atoms with Crippen LogP contribution >= 0.6 is 0 Å². The molecule has 4 aliphatic carbocycles. The first kappa shape index (κ1) is 37.3. The van der Waals surface area contributed by atoms with E-state index in [2.05, 4.69) is 254 Å². The summed E-state index contributed by atoms with van der Waals surface area (Å²) in [6, 6.07) is 94.4. The summed E-state index contributed by atoms with van der Waals surface area (Å²) in [5.41, 5.74) is 23.6. The normalized spacial score (nSPS) is 14.3. The van der Waals surface area contributed by atoms with Gasteiger partial charge >= 0.3 is 0 Å². The van der Waals surface area contributed by atoms with Crippen molar-refractivity contribution in [1.82, 2.24) is 0 Å². The van der Waals surface area contributed by atoms with E-state index in [0.29, 0.717) is 0 Å². The van der Waals surface area contributed by atoms with Crippen LogP contribution in [-0.2, 0) is 10.8 Å². The highest BCUT2D eigenvalue weighted by Crippen LogP contribution is 2.66. The van der Waals surface area contributed by atoms with Gasteiger partial charge in [-0.15, -0.1) is 0 Å². The maximum atomic E-state index is 2.59. The fraction of sp³-hybridized carbons (Fsp3) is 0.0294. The van der Waals surface area contributed by atoms with E-state index in [0.717, 1.165) is 11.4 Å². The monoisotopic (exact) mass is 871 g/mol. The number of anilines is 3. The fourth-order valence-electron chi connectivity index (χ4n) is 14.0. The summed E-state index contributed by atoms with van der Waals surface area (Å²) in [5, 5.41) is 7.60. The van der Waals surface area contributed by atoms with Crippen LogP contribution in [0.25, 0.3) is 76.8 Å². The molecule has 0 amide bonds. The molecule has 0 fully saturated rings. The lowest BCUT2D eigenvalue weighted by Gasteiger charge is -2.33. The van der Waals surface area contributed by atoms with Gasteiger partial charge in [-0.25, -0.2) is 0 Å². The molecule has 0 atom stereocenters. The molecule has 0 unspecified atom stereocenters. The molecule has 2 spiro atoms. The van der Waals surface area contributed by atoms with Crippen LogP contribution in [0.15, 0.2) is 249 Å². The smallest absolute Gasteiger partial charge is 0.0726 e. The Morgan fingerprint density at radius 2 is 0.551 bits per heavy atom. The van der Waals surface area contributed by atoms with Gasteiger partial charge in [0.25, 0.3) is 0 Å². The van der Waals surface area contributed by atoms with Gasteiger partial charge in [-0.2, -0.15) is 0 Å². The van der Waals surface area contributed by atoms with Gasteiger partial charge in [0.1, 0.15) is 0 Å². The van der Waals surface area contributed by atoms with E-state index in [1.165, 1.54) is 127 Å². The van der Waals surface area contributed by atoms with Crippen LogP contribution in [0.3, 0.4) is 0 Å². The Bertz CT molecular complexity index is 4080. The molecule has 0 radical (unpaired) electrons. The van der Waals surface area contributed by atoms with Gasteiger partial charge in [0, 0.05) is 16.9 Å². The second-order valence-electron chi connectivity index (χ2n) is 19.4. The Morgan fingerprint density at radius 3 is 1.04 bits per heavy atom. The van der Waals surface area contributed by atoms with Crippen molar-refractivity contribution in [3.8, 4) is 44.5 Å². The number of fused-ring (bicyclic) bond motifs is 26. The van der Waals surface area contributed by atoms with E-state index in [-0.39, 0.29) is 0 Å². The molecule has 0 aromatic heterocycles. The maximum absolute atomic E-state index is 2.59. The summed E-state index contributed by atoms with van der Waals surface area (Å²) in [7, 11) is 0. The van der Waals surface area contributed by atoms with Crippen LogP contribution in [0.1, 0.15) is 44.5 Å². The van der Waals surface area contributed by atoms with Crippen molar-refractivity contribution >= 4 is 49.4 Å². The molecule has 12 aromatic rings. The second-order valence-corrected chi connectivity index (χ2v) is 19.4. The molecule has 1 heteroatoms. The minimum atomic E-state index is -0.480. The standard InChI is InChI=1S/C68H41N/c1-2-20-46-44(18-1)45-19-3-4-21-47(45)56-40-42(36-38-48(46)56)69(43-37-39-54-53-26-9-15-32-61(53)68(64(54)41-43)59-30-13-7-24-51(59)52-25-8-14-31-60(52)68)65-35-17-34-63-66(65)55-27-10-16-33-62(55)67(63)57-28-11-5-22-49(57)50-23-6-12-29-58(50)67/h1-41H. The minimum absolute atomic E-state index is 0.472. The summed E-state index contributed by atoms with van der Waals surface area (Å²) in [4.78, 5) is 2.59. The van der Waals surface area contributed by atoms with Crippen molar-refractivity contribution in [2.45, 2.75) is 10.8 Å². The predicted molar refractivity (Wildman–Crippen MR) is 286 cm³/mol. The molecule has 4 aliphatic rings. The molecule has 16 rings (SSSR count). The van der Waals surface area contributed by atoms with Gasteiger partial charge in [0.15, 0.2) is 0 Å². The van der Waals surface area contributed by atoms with Crippen LogP contribution in [0.2, 0.25) is 0 Å². The molecule has 0 saturated carbocycles. The number of hydrogen-bond acceptors (Lipinski definition) is 1.